The van der Waals surface area contributed by atoms with Gasteiger partial charge in [-0.3, -0.25) is 0 Å². The highest BCUT2D eigenvalue weighted by Gasteiger charge is 2.05. The first-order valence-corrected chi connectivity index (χ1v) is 4.77. The fraction of sp³-hybridized carbons (Fsp3) is 0. The first-order valence-electron chi connectivity index (χ1n) is 4.01. The lowest BCUT2D eigenvalue weighted by Gasteiger charge is -2.00. The molecule has 15 heavy (non-hydrogen) atoms. The van der Waals surface area contributed by atoms with Gasteiger partial charge in [0.25, 0.3) is 0 Å². The Morgan fingerprint density at radius 1 is 0.867 bits per heavy atom. The summed E-state index contributed by atoms with van der Waals surface area (Å²) < 4.78 is 0. The molecule has 0 aliphatic heterocycles. The van der Waals surface area contributed by atoms with E-state index in [2.05, 4.69) is 15.0 Å². The zero-order chi connectivity index (χ0) is 10.8. The van der Waals surface area contributed by atoms with Crippen LogP contribution in [0.25, 0.3) is 11.4 Å². The maximum absolute atomic E-state index is 9.11. The van der Waals surface area contributed by atoms with E-state index in [-0.39, 0.29) is 16.3 Å². The zero-order valence-electron chi connectivity index (χ0n) is 7.35. The van der Waals surface area contributed by atoms with Crippen molar-refractivity contribution in [2.75, 3.05) is 0 Å². The highest BCUT2D eigenvalue weighted by molar-refractivity contribution is 6.31. The Bertz CT molecular complexity index is 467. The van der Waals surface area contributed by atoms with Crippen molar-refractivity contribution in [3.63, 3.8) is 0 Å². The third-order valence-corrected chi connectivity index (χ3v) is 2.04. The quantitative estimate of drug-likeness (QED) is 0.834. The maximum Gasteiger partial charge on any atom is 0.227 e. The first kappa shape index (κ1) is 10.1. The average Bonchev–Trinajstić information content (AvgIpc) is 2.17. The summed E-state index contributed by atoms with van der Waals surface area (Å²) in [4.78, 5) is 11.5. The van der Waals surface area contributed by atoms with Crippen LogP contribution in [-0.2, 0) is 0 Å². The van der Waals surface area contributed by atoms with E-state index >= 15 is 0 Å². The number of hydrogen-bond donors (Lipinski definition) is 1. The fourth-order valence-corrected chi connectivity index (χ4v) is 1.43. The number of nitrogens with zero attached hydrogens (tertiary/aromatic N) is 3. The van der Waals surface area contributed by atoms with Gasteiger partial charge in [-0.15, -0.1) is 0 Å². The molecule has 0 radical (unpaired) electrons. The third kappa shape index (κ3) is 2.34. The van der Waals surface area contributed by atoms with Crippen molar-refractivity contribution in [2.45, 2.75) is 0 Å². The number of aromatic hydroxyl groups is 1. The Balaban J connectivity index is 2.49. The van der Waals surface area contributed by atoms with Crippen LogP contribution < -0.4 is 0 Å². The Labute approximate surface area is 95.5 Å². The molecule has 2 aromatic rings. The van der Waals surface area contributed by atoms with Crippen LogP contribution >= 0.6 is 23.2 Å². The molecule has 0 saturated carbocycles. The highest BCUT2D eigenvalue weighted by Crippen LogP contribution is 2.20. The summed E-state index contributed by atoms with van der Waals surface area (Å²) >= 11 is 11.3. The van der Waals surface area contributed by atoms with E-state index < -0.39 is 0 Å². The molecule has 0 bridgehead atoms. The predicted molar refractivity (Wildman–Crippen MR) is 56.9 cm³/mol. The molecule has 0 saturated heterocycles. The van der Waals surface area contributed by atoms with E-state index in [1.165, 1.54) is 12.1 Å². The number of halogens is 2. The smallest absolute Gasteiger partial charge is 0.227 e. The fourth-order valence-electron chi connectivity index (χ4n) is 1.07. The van der Waals surface area contributed by atoms with Gasteiger partial charge in [0.1, 0.15) is 5.75 Å². The second-order valence-electron chi connectivity index (χ2n) is 2.74. The SMILES string of the molecule is Oc1ccc(-c2nc(Cl)nc(Cl)n2)cc1. The molecule has 0 spiro atoms. The van der Waals surface area contributed by atoms with E-state index in [0.717, 1.165) is 0 Å². The standard InChI is InChI=1S/C9H5Cl2N3O/c10-8-12-7(13-9(11)14-8)5-1-3-6(15)4-2-5/h1-4,15H. The number of phenols is 1. The number of rotatable bonds is 1. The molecular formula is C9H5Cl2N3O. The summed E-state index contributed by atoms with van der Waals surface area (Å²) in [7, 11) is 0. The molecule has 1 aromatic heterocycles. The van der Waals surface area contributed by atoms with Gasteiger partial charge in [-0.05, 0) is 47.5 Å². The monoisotopic (exact) mass is 241 g/mol. The summed E-state index contributed by atoms with van der Waals surface area (Å²) in [5.41, 5.74) is 0.707. The van der Waals surface area contributed by atoms with Gasteiger partial charge >= 0.3 is 0 Å². The molecule has 0 amide bonds. The van der Waals surface area contributed by atoms with Crippen LogP contribution in [0.5, 0.6) is 5.75 Å². The van der Waals surface area contributed by atoms with E-state index in [1.807, 2.05) is 0 Å². The molecule has 0 aliphatic carbocycles. The Morgan fingerprint density at radius 3 is 1.93 bits per heavy atom. The molecule has 0 unspecified atom stereocenters. The molecule has 2 rings (SSSR count). The third-order valence-electron chi connectivity index (χ3n) is 1.71. The van der Waals surface area contributed by atoms with Crippen molar-refractivity contribution in [3.05, 3.63) is 34.8 Å². The summed E-state index contributed by atoms with van der Waals surface area (Å²) in [6, 6.07) is 6.39. The van der Waals surface area contributed by atoms with Crippen molar-refractivity contribution in [2.24, 2.45) is 0 Å². The van der Waals surface area contributed by atoms with Gasteiger partial charge in [0.05, 0.1) is 0 Å². The predicted octanol–water partition coefficient (Wildman–Crippen LogP) is 2.55. The molecule has 0 aliphatic rings. The number of hydrogen-bond acceptors (Lipinski definition) is 4. The summed E-state index contributed by atoms with van der Waals surface area (Å²) in [6.45, 7) is 0. The zero-order valence-corrected chi connectivity index (χ0v) is 8.87. The highest BCUT2D eigenvalue weighted by atomic mass is 35.5. The van der Waals surface area contributed by atoms with Crippen LogP contribution in [-0.4, -0.2) is 20.1 Å². The lowest BCUT2D eigenvalue weighted by atomic mass is 10.2. The molecule has 1 N–H and O–H groups in total. The van der Waals surface area contributed by atoms with Crippen LogP contribution in [0.15, 0.2) is 24.3 Å². The van der Waals surface area contributed by atoms with Crippen LogP contribution in [0.1, 0.15) is 0 Å². The van der Waals surface area contributed by atoms with E-state index in [0.29, 0.717) is 11.4 Å². The second kappa shape index (κ2) is 4.00. The van der Waals surface area contributed by atoms with E-state index in [1.54, 1.807) is 12.1 Å². The minimum atomic E-state index is 0.0399. The largest absolute Gasteiger partial charge is 0.508 e. The number of phenolic OH excluding ortho intramolecular Hbond substituents is 1. The van der Waals surface area contributed by atoms with Crippen LogP contribution in [0.4, 0.5) is 0 Å². The van der Waals surface area contributed by atoms with E-state index in [4.69, 9.17) is 28.3 Å². The maximum atomic E-state index is 9.11. The Kier molecular flexibility index (Phi) is 2.70. The van der Waals surface area contributed by atoms with Crippen LogP contribution in [0.2, 0.25) is 10.6 Å². The van der Waals surface area contributed by atoms with Gasteiger partial charge in [0.15, 0.2) is 5.82 Å². The van der Waals surface area contributed by atoms with Crippen LogP contribution in [0, 0.1) is 0 Å². The molecule has 4 nitrogen and oxygen atoms in total. The first-order chi connectivity index (χ1) is 7.15. The van der Waals surface area contributed by atoms with Crippen molar-refractivity contribution in [1.29, 1.82) is 0 Å². The minimum absolute atomic E-state index is 0.0399. The molecule has 0 fully saturated rings. The molecular weight excluding hydrogens is 237 g/mol. The summed E-state index contributed by atoms with van der Waals surface area (Å²) in [5.74, 6) is 0.546. The second-order valence-corrected chi connectivity index (χ2v) is 3.42. The van der Waals surface area contributed by atoms with Gasteiger partial charge < -0.3 is 5.11 Å². The number of benzene rings is 1. The topological polar surface area (TPSA) is 58.9 Å². The number of aromatic nitrogens is 3. The van der Waals surface area contributed by atoms with Gasteiger partial charge in [-0.25, -0.2) is 0 Å². The summed E-state index contributed by atoms with van der Waals surface area (Å²) in [5, 5.41) is 9.19. The average molecular weight is 242 g/mol. The molecule has 6 heteroatoms. The normalized spacial score (nSPS) is 10.3. The van der Waals surface area contributed by atoms with Crippen molar-refractivity contribution in [1.82, 2.24) is 15.0 Å². The van der Waals surface area contributed by atoms with Gasteiger partial charge in [-0.2, -0.15) is 15.0 Å². The minimum Gasteiger partial charge on any atom is -0.508 e. The van der Waals surface area contributed by atoms with Gasteiger partial charge in [0, 0.05) is 5.56 Å². The molecule has 0 atom stereocenters. The molecule has 1 aromatic carbocycles. The van der Waals surface area contributed by atoms with Gasteiger partial charge in [-0.1, -0.05) is 0 Å². The van der Waals surface area contributed by atoms with Crippen molar-refractivity contribution in [3.8, 4) is 17.1 Å². The van der Waals surface area contributed by atoms with Gasteiger partial charge in [0.2, 0.25) is 10.6 Å². The molecule has 76 valence electrons. The summed E-state index contributed by atoms with van der Waals surface area (Å²) in [6.07, 6.45) is 0. The van der Waals surface area contributed by atoms with Crippen molar-refractivity contribution >= 4 is 23.2 Å². The van der Waals surface area contributed by atoms with E-state index in [9.17, 15) is 0 Å². The lowest BCUT2D eigenvalue weighted by molar-refractivity contribution is 0.475. The Morgan fingerprint density at radius 2 is 1.40 bits per heavy atom. The lowest BCUT2D eigenvalue weighted by Crippen LogP contribution is -1.93. The van der Waals surface area contributed by atoms with Crippen molar-refractivity contribution < 1.29 is 5.11 Å². The Hall–Kier alpha value is -1.39. The van der Waals surface area contributed by atoms with Crippen LogP contribution in [0.3, 0.4) is 0 Å². The molecule has 1 heterocycles.